The highest BCUT2D eigenvalue weighted by Crippen LogP contribution is 2.28. The van der Waals surface area contributed by atoms with Gasteiger partial charge in [0.05, 0.1) is 11.0 Å². The van der Waals surface area contributed by atoms with Crippen molar-refractivity contribution in [1.29, 1.82) is 0 Å². The monoisotopic (exact) mass is 363 g/mol. The predicted octanol–water partition coefficient (Wildman–Crippen LogP) is 3.51. The van der Waals surface area contributed by atoms with Crippen molar-refractivity contribution in [3.8, 4) is 5.75 Å². The van der Waals surface area contributed by atoms with E-state index in [4.69, 9.17) is 9.72 Å². The van der Waals surface area contributed by atoms with Crippen LogP contribution < -0.4 is 4.74 Å². The van der Waals surface area contributed by atoms with Crippen LogP contribution in [0.1, 0.15) is 41.9 Å². The highest BCUT2D eigenvalue weighted by atomic mass is 16.5. The molecule has 0 aliphatic carbocycles. The van der Waals surface area contributed by atoms with Crippen LogP contribution in [0.2, 0.25) is 0 Å². The summed E-state index contributed by atoms with van der Waals surface area (Å²) in [5, 5.41) is 0. The quantitative estimate of drug-likeness (QED) is 0.571. The fourth-order valence-corrected chi connectivity index (χ4v) is 3.56. The molecule has 2 aromatic carbocycles. The van der Waals surface area contributed by atoms with E-state index in [1.165, 1.54) is 6.92 Å². The lowest BCUT2D eigenvalue weighted by Crippen LogP contribution is -2.38. The molecule has 1 fully saturated rings. The van der Waals surface area contributed by atoms with Crippen LogP contribution in [-0.4, -0.2) is 39.8 Å². The third-order valence-corrected chi connectivity index (χ3v) is 4.92. The molecule has 0 radical (unpaired) electrons. The molecule has 138 valence electrons. The van der Waals surface area contributed by atoms with Gasteiger partial charge < -0.3 is 14.6 Å². The minimum absolute atomic E-state index is 0.0351. The highest BCUT2D eigenvalue weighted by Gasteiger charge is 2.26. The van der Waals surface area contributed by atoms with Crippen LogP contribution in [0.4, 0.5) is 0 Å². The molecule has 6 nitrogen and oxygen atoms in total. The molecule has 4 rings (SSSR count). The Hall–Kier alpha value is -3.15. The molecule has 2 heterocycles. The Morgan fingerprint density at radius 3 is 2.63 bits per heavy atom. The Morgan fingerprint density at radius 2 is 1.89 bits per heavy atom. The number of nitrogens with one attached hydrogen (secondary N) is 1. The summed E-state index contributed by atoms with van der Waals surface area (Å²) in [5.74, 6) is 1.29. The van der Waals surface area contributed by atoms with Crippen LogP contribution in [0.3, 0.4) is 0 Å². The van der Waals surface area contributed by atoms with Crippen LogP contribution >= 0.6 is 0 Å². The molecule has 1 N–H and O–H groups in total. The van der Waals surface area contributed by atoms with Gasteiger partial charge in [0.15, 0.2) is 0 Å². The van der Waals surface area contributed by atoms with Crippen molar-refractivity contribution < 1.29 is 14.3 Å². The average molecular weight is 363 g/mol. The van der Waals surface area contributed by atoms with Crippen molar-refractivity contribution >= 4 is 22.9 Å². The first-order valence-corrected chi connectivity index (χ1v) is 9.12. The lowest BCUT2D eigenvalue weighted by Gasteiger charge is -2.31. The summed E-state index contributed by atoms with van der Waals surface area (Å²) in [6, 6.07) is 14.8. The lowest BCUT2D eigenvalue weighted by molar-refractivity contribution is -0.131. The van der Waals surface area contributed by atoms with Crippen molar-refractivity contribution in [2.45, 2.75) is 25.7 Å². The number of amides is 1. The maximum Gasteiger partial charge on any atom is 0.308 e. The molecule has 1 aromatic heterocycles. The standard InChI is InChI=1S/C21H21N3O3/c1-14(25)27-17-6-4-5-16(13-17)21(26)24-11-9-15(10-12-24)20-22-18-7-2-3-8-19(18)23-20/h2-8,13,15H,9-12H2,1H3,(H,22,23). The van der Waals surface area contributed by atoms with E-state index in [0.29, 0.717) is 30.3 Å². The van der Waals surface area contributed by atoms with Crippen LogP contribution in [0.5, 0.6) is 5.75 Å². The largest absolute Gasteiger partial charge is 0.427 e. The average Bonchev–Trinajstić information content (AvgIpc) is 3.11. The lowest BCUT2D eigenvalue weighted by atomic mass is 9.95. The molecule has 0 saturated carbocycles. The number of piperidine rings is 1. The molecule has 1 amide bonds. The van der Waals surface area contributed by atoms with Gasteiger partial charge in [0.25, 0.3) is 5.91 Å². The number of likely N-dealkylation sites (tertiary alicyclic amines) is 1. The summed E-state index contributed by atoms with van der Waals surface area (Å²) in [6.45, 7) is 2.70. The second-order valence-corrected chi connectivity index (χ2v) is 6.83. The molecular weight excluding hydrogens is 342 g/mol. The second-order valence-electron chi connectivity index (χ2n) is 6.83. The van der Waals surface area contributed by atoms with E-state index < -0.39 is 5.97 Å². The first-order chi connectivity index (χ1) is 13.1. The number of imidazole rings is 1. The SMILES string of the molecule is CC(=O)Oc1cccc(C(=O)N2CCC(c3nc4ccccc4[nH]3)CC2)c1. The van der Waals surface area contributed by atoms with Gasteiger partial charge in [-0.05, 0) is 43.2 Å². The van der Waals surface area contributed by atoms with Crippen LogP contribution in [0.15, 0.2) is 48.5 Å². The van der Waals surface area contributed by atoms with Crippen molar-refractivity contribution in [1.82, 2.24) is 14.9 Å². The molecule has 3 aromatic rings. The summed E-state index contributed by atoms with van der Waals surface area (Å²) >= 11 is 0. The number of carbonyl (C=O) groups is 2. The molecule has 6 heteroatoms. The topological polar surface area (TPSA) is 75.3 Å². The van der Waals surface area contributed by atoms with Crippen molar-refractivity contribution in [3.63, 3.8) is 0 Å². The number of rotatable bonds is 3. The number of hydrogen-bond acceptors (Lipinski definition) is 4. The molecule has 27 heavy (non-hydrogen) atoms. The maximum absolute atomic E-state index is 12.8. The molecule has 0 bridgehead atoms. The molecule has 1 saturated heterocycles. The summed E-state index contributed by atoms with van der Waals surface area (Å²) in [7, 11) is 0. The van der Waals surface area contributed by atoms with Gasteiger partial charge in [-0.1, -0.05) is 18.2 Å². The fraction of sp³-hybridized carbons (Fsp3) is 0.286. The molecular formula is C21H21N3O3. The van der Waals surface area contributed by atoms with Gasteiger partial charge in [0.1, 0.15) is 11.6 Å². The number of aromatic amines is 1. The van der Waals surface area contributed by atoms with E-state index in [-0.39, 0.29) is 5.91 Å². The Bertz CT molecular complexity index is 954. The summed E-state index contributed by atoms with van der Waals surface area (Å²) < 4.78 is 5.07. The van der Waals surface area contributed by atoms with Gasteiger partial charge in [0, 0.05) is 31.5 Å². The number of carbonyl (C=O) groups excluding carboxylic acids is 2. The van der Waals surface area contributed by atoms with Crippen LogP contribution in [0, 0.1) is 0 Å². The zero-order valence-corrected chi connectivity index (χ0v) is 15.1. The number of para-hydroxylation sites is 2. The van der Waals surface area contributed by atoms with Crippen LogP contribution in [-0.2, 0) is 4.79 Å². The molecule has 1 aliphatic heterocycles. The summed E-state index contributed by atoms with van der Waals surface area (Å²) in [5.41, 5.74) is 2.57. The number of aromatic nitrogens is 2. The smallest absolute Gasteiger partial charge is 0.308 e. The number of fused-ring (bicyclic) bond motifs is 1. The molecule has 0 unspecified atom stereocenters. The van der Waals surface area contributed by atoms with Gasteiger partial charge in [-0.3, -0.25) is 9.59 Å². The van der Waals surface area contributed by atoms with E-state index in [9.17, 15) is 9.59 Å². The number of esters is 1. The number of benzene rings is 2. The van der Waals surface area contributed by atoms with Gasteiger partial charge in [-0.2, -0.15) is 0 Å². The van der Waals surface area contributed by atoms with Gasteiger partial charge >= 0.3 is 5.97 Å². The number of ether oxygens (including phenoxy) is 1. The third kappa shape index (κ3) is 3.69. The first kappa shape index (κ1) is 17.3. The Morgan fingerprint density at radius 1 is 1.11 bits per heavy atom. The summed E-state index contributed by atoms with van der Waals surface area (Å²) in [6.07, 6.45) is 1.74. The maximum atomic E-state index is 12.8. The van der Waals surface area contributed by atoms with E-state index in [2.05, 4.69) is 4.98 Å². The Balaban J connectivity index is 1.42. The molecule has 1 aliphatic rings. The summed E-state index contributed by atoms with van der Waals surface area (Å²) in [4.78, 5) is 33.8. The Labute approximate surface area is 157 Å². The van der Waals surface area contributed by atoms with E-state index in [0.717, 1.165) is 29.7 Å². The predicted molar refractivity (Wildman–Crippen MR) is 102 cm³/mol. The van der Waals surface area contributed by atoms with Crippen molar-refractivity contribution in [3.05, 3.63) is 59.9 Å². The Kier molecular flexibility index (Phi) is 4.62. The van der Waals surface area contributed by atoms with Crippen molar-refractivity contribution in [2.75, 3.05) is 13.1 Å². The van der Waals surface area contributed by atoms with E-state index in [1.807, 2.05) is 29.2 Å². The third-order valence-electron chi connectivity index (χ3n) is 4.92. The number of nitrogens with zero attached hydrogens (tertiary/aromatic N) is 2. The van der Waals surface area contributed by atoms with Gasteiger partial charge in [-0.15, -0.1) is 0 Å². The van der Waals surface area contributed by atoms with E-state index in [1.54, 1.807) is 24.3 Å². The fourth-order valence-electron chi connectivity index (χ4n) is 3.56. The van der Waals surface area contributed by atoms with Crippen molar-refractivity contribution in [2.24, 2.45) is 0 Å². The van der Waals surface area contributed by atoms with Gasteiger partial charge in [0.2, 0.25) is 0 Å². The number of hydrogen-bond donors (Lipinski definition) is 1. The zero-order chi connectivity index (χ0) is 18.8. The van der Waals surface area contributed by atoms with E-state index >= 15 is 0 Å². The minimum Gasteiger partial charge on any atom is -0.427 e. The normalized spacial score (nSPS) is 15.1. The minimum atomic E-state index is -0.397. The number of H-pyrrole nitrogens is 1. The van der Waals surface area contributed by atoms with Crippen LogP contribution in [0.25, 0.3) is 11.0 Å². The highest BCUT2D eigenvalue weighted by molar-refractivity contribution is 5.94. The second kappa shape index (κ2) is 7.23. The van der Waals surface area contributed by atoms with Gasteiger partial charge in [-0.25, -0.2) is 4.98 Å². The molecule has 0 atom stereocenters. The first-order valence-electron chi connectivity index (χ1n) is 9.12. The molecule has 0 spiro atoms. The zero-order valence-electron chi connectivity index (χ0n) is 15.1.